The summed E-state index contributed by atoms with van der Waals surface area (Å²) in [6.07, 6.45) is 4.94. The molecular weight excluding hydrogens is 426 g/mol. The van der Waals surface area contributed by atoms with Gasteiger partial charge in [-0.3, -0.25) is 9.71 Å². The smallest absolute Gasteiger partial charge is 0.263 e. The second-order valence-corrected chi connectivity index (χ2v) is 8.04. The van der Waals surface area contributed by atoms with Gasteiger partial charge in [-0.05, 0) is 49.2 Å². The first-order chi connectivity index (χ1) is 15.5. The van der Waals surface area contributed by atoms with Crippen molar-refractivity contribution in [3.05, 3.63) is 78.2 Å². The van der Waals surface area contributed by atoms with Gasteiger partial charge in [0.15, 0.2) is 22.6 Å². The highest BCUT2D eigenvalue weighted by Crippen LogP contribution is 2.39. The van der Waals surface area contributed by atoms with Crippen molar-refractivity contribution in [3.8, 4) is 28.8 Å². The van der Waals surface area contributed by atoms with Crippen molar-refractivity contribution in [2.24, 2.45) is 0 Å². The van der Waals surface area contributed by atoms with Gasteiger partial charge in [0.25, 0.3) is 5.88 Å². The van der Waals surface area contributed by atoms with Crippen LogP contribution in [0.25, 0.3) is 11.4 Å². The molecule has 8 nitrogen and oxygen atoms in total. The van der Waals surface area contributed by atoms with Gasteiger partial charge in [0.1, 0.15) is 10.8 Å². The van der Waals surface area contributed by atoms with Crippen molar-refractivity contribution in [1.82, 2.24) is 19.9 Å². The van der Waals surface area contributed by atoms with Crippen LogP contribution in [0.2, 0.25) is 0 Å². The zero-order valence-corrected chi connectivity index (χ0v) is 18.6. The van der Waals surface area contributed by atoms with Gasteiger partial charge >= 0.3 is 0 Å². The Morgan fingerprint density at radius 3 is 2.44 bits per heavy atom. The van der Waals surface area contributed by atoms with Crippen LogP contribution in [-0.2, 0) is 11.0 Å². The third kappa shape index (κ3) is 4.73. The molecule has 0 radical (unpaired) electrons. The average Bonchev–Trinajstić information content (AvgIpc) is 2.82. The third-order valence-corrected chi connectivity index (χ3v) is 5.54. The number of anilines is 1. The molecule has 0 amide bonds. The Kier molecular flexibility index (Phi) is 6.37. The van der Waals surface area contributed by atoms with E-state index in [9.17, 15) is 4.21 Å². The minimum Gasteiger partial charge on any atom is -0.478 e. The SMILES string of the molecule is COc1nc(-c2ccncc2)nc(NS(=O)c2ccc(C)cn2)c1Oc1ccccc1C. The maximum atomic E-state index is 13.0. The Bertz CT molecular complexity index is 1250. The first kappa shape index (κ1) is 21.4. The van der Waals surface area contributed by atoms with E-state index >= 15 is 0 Å². The van der Waals surface area contributed by atoms with Crippen molar-refractivity contribution in [2.45, 2.75) is 18.9 Å². The lowest BCUT2D eigenvalue weighted by molar-refractivity contribution is 0.363. The molecule has 3 aromatic heterocycles. The first-order valence-electron chi connectivity index (χ1n) is 9.76. The highest BCUT2D eigenvalue weighted by Gasteiger charge is 2.21. The van der Waals surface area contributed by atoms with E-state index < -0.39 is 11.0 Å². The minimum atomic E-state index is -1.69. The van der Waals surface area contributed by atoms with Crippen molar-refractivity contribution >= 4 is 16.8 Å². The highest BCUT2D eigenvalue weighted by atomic mass is 32.2. The van der Waals surface area contributed by atoms with Crippen molar-refractivity contribution < 1.29 is 13.7 Å². The van der Waals surface area contributed by atoms with Crippen molar-refractivity contribution in [3.63, 3.8) is 0 Å². The Morgan fingerprint density at radius 1 is 0.969 bits per heavy atom. The number of pyridine rings is 2. The van der Waals surface area contributed by atoms with Gasteiger partial charge in [0.05, 0.1) is 7.11 Å². The van der Waals surface area contributed by atoms with Crippen LogP contribution in [0.1, 0.15) is 11.1 Å². The number of aromatic nitrogens is 4. The Balaban J connectivity index is 1.80. The van der Waals surface area contributed by atoms with E-state index in [2.05, 4.69) is 24.7 Å². The summed E-state index contributed by atoms with van der Waals surface area (Å²) in [5.41, 5.74) is 2.61. The molecule has 4 rings (SSSR count). The normalized spacial score (nSPS) is 11.6. The fourth-order valence-electron chi connectivity index (χ4n) is 2.84. The first-order valence-corrected chi connectivity index (χ1v) is 10.9. The van der Waals surface area contributed by atoms with Gasteiger partial charge in [0.2, 0.25) is 5.75 Å². The number of ether oxygens (including phenoxy) is 2. The Hall–Kier alpha value is -3.85. The highest BCUT2D eigenvalue weighted by molar-refractivity contribution is 7.86. The summed E-state index contributed by atoms with van der Waals surface area (Å²) in [5, 5.41) is 0.362. The molecule has 0 aliphatic heterocycles. The number of nitrogens with one attached hydrogen (secondary N) is 1. The fraction of sp³-hybridized carbons (Fsp3) is 0.130. The van der Waals surface area contributed by atoms with Crippen LogP contribution in [0, 0.1) is 13.8 Å². The van der Waals surface area contributed by atoms with E-state index in [0.717, 1.165) is 16.7 Å². The topological polar surface area (TPSA) is 99.1 Å². The van der Waals surface area contributed by atoms with E-state index in [0.29, 0.717) is 16.6 Å². The lowest BCUT2D eigenvalue weighted by Crippen LogP contribution is -2.11. The van der Waals surface area contributed by atoms with Gasteiger partial charge in [-0.2, -0.15) is 4.98 Å². The predicted molar refractivity (Wildman–Crippen MR) is 122 cm³/mol. The molecule has 0 saturated heterocycles. The molecular formula is C23H21N5O3S. The second-order valence-electron chi connectivity index (χ2n) is 6.88. The number of rotatable bonds is 7. The predicted octanol–water partition coefficient (Wildman–Crippen LogP) is 4.49. The molecule has 32 heavy (non-hydrogen) atoms. The molecule has 1 N–H and O–H groups in total. The fourth-order valence-corrected chi connectivity index (χ4v) is 3.60. The minimum absolute atomic E-state index is 0.200. The number of benzene rings is 1. The summed E-state index contributed by atoms with van der Waals surface area (Å²) in [6, 6.07) is 14.6. The molecule has 0 aliphatic rings. The van der Waals surface area contributed by atoms with Gasteiger partial charge < -0.3 is 9.47 Å². The summed E-state index contributed by atoms with van der Waals surface area (Å²) >= 11 is 0. The maximum Gasteiger partial charge on any atom is 0.263 e. The second kappa shape index (κ2) is 9.52. The van der Waals surface area contributed by atoms with Crippen molar-refractivity contribution in [1.29, 1.82) is 0 Å². The molecule has 0 spiro atoms. The molecule has 1 aromatic carbocycles. The molecule has 1 unspecified atom stereocenters. The average molecular weight is 448 g/mol. The Labute approximate surface area is 188 Å². The number of aryl methyl sites for hydroxylation is 2. The van der Waals surface area contributed by atoms with Crippen LogP contribution in [0.4, 0.5) is 5.82 Å². The number of methoxy groups -OCH3 is 1. The van der Waals surface area contributed by atoms with Crippen LogP contribution in [-0.4, -0.2) is 31.3 Å². The van der Waals surface area contributed by atoms with E-state index in [4.69, 9.17) is 9.47 Å². The van der Waals surface area contributed by atoms with Crippen LogP contribution < -0.4 is 14.2 Å². The standard InChI is InChI=1S/C23H21N5O3S/c1-15-8-9-19(25-14-15)32(29)28-22-20(31-18-7-5-4-6-16(18)2)23(30-3)27-21(26-22)17-10-12-24-13-11-17/h4-14H,1-3H3,(H,26,27,28). The summed E-state index contributed by atoms with van der Waals surface area (Å²) < 4.78 is 27.6. The molecule has 162 valence electrons. The largest absolute Gasteiger partial charge is 0.478 e. The Morgan fingerprint density at radius 2 is 1.75 bits per heavy atom. The van der Waals surface area contributed by atoms with E-state index in [1.165, 1.54) is 7.11 Å². The monoisotopic (exact) mass is 447 g/mol. The molecule has 0 bridgehead atoms. The zero-order valence-electron chi connectivity index (χ0n) is 17.8. The molecule has 3 heterocycles. The number of nitrogens with zero attached hydrogens (tertiary/aromatic N) is 4. The molecule has 0 aliphatic carbocycles. The van der Waals surface area contributed by atoms with E-state index in [1.807, 2.05) is 44.2 Å². The van der Waals surface area contributed by atoms with Gasteiger partial charge in [0, 0.05) is 24.2 Å². The van der Waals surface area contributed by atoms with Crippen LogP contribution in [0.5, 0.6) is 17.4 Å². The lowest BCUT2D eigenvalue weighted by atomic mass is 10.2. The van der Waals surface area contributed by atoms with Crippen LogP contribution >= 0.6 is 0 Å². The summed E-state index contributed by atoms with van der Waals surface area (Å²) in [5.74, 6) is 1.62. The van der Waals surface area contributed by atoms with Crippen LogP contribution in [0.3, 0.4) is 0 Å². The van der Waals surface area contributed by atoms with Gasteiger partial charge in [-0.15, -0.1) is 0 Å². The molecule has 9 heteroatoms. The summed E-state index contributed by atoms with van der Waals surface area (Å²) in [6.45, 7) is 3.84. The number of hydrogen-bond acceptors (Lipinski definition) is 7. The lowest BCUT2D eigenvalue weighted by Gasteiger charge is -2.16. The molecule has 0 fully saturated rings. The van der Waals surface area contributed by atoms with Gasteiger partial charge in [-0.1, -0.05) is 24.3 Å². The quantitative estimate of drug-likeness (QED) is 0.446. The van der Waals surface area contributed by atoms with Crippen molar-refractivity contribution in [2.75, 3.05) is 11.8 Å². The number of hydrogen-bond donors (Lipinski definition) is 1. The summed E-state index contributed by atoms with van der Waals surface area (Å²) in [4.78, 5) is 17.4. The maximum absolute atomic E-state index is 13.0. The van der Waals surface area contributed by atoms with E-state index in [1.54, 1.807) is 36.8 Å². The molecule has 4 aromatic rings. The third-order valence-electron chi connectivity index (χ3n) is 4.54. The summed E-state index contributed by atoms with van der Waals surface area (Å²) in [7, 11) is -0.199. The molecule has 1 atom stereocenters. The van der Waals surface area contributed by atoms with Gasteiger partial charge in [-0.25, -0.2) is 14.2 Å². The molecule has 0 saturated carbocycles. The van der Waals surface area contributed by atoms with Crippen LogP contribution in [0.15, 0.2) is 72.1 Å². The number of para-hydroxylation sites is 1. The zero-order chi connectivity index (χ0) is 22.5. The van der Waals surface area contributed by atoms with E-state index in [-0.39, 0.29) is 17.4 Å².